The molecule has 0 saturated heterocycles. The van der Waals surface area contributed by atoms with Crippen molar-refractivity contribution in [1.82, 2.24) is 4.98 Å². The quantitative estimate of drug-likeness (QED) is 0.845. The van der Waals surface area contributed by atoms with Crippen LogP contribution >= 0.6 is 11.6 Å². The Bertz CT molecular complexity index is 479. The third kappa shape index (κ3) is 4.47. The maximum Gasteiger partial charge on any atom is 0.574 e. The van der Waals surface area contributed by atoms with Crippen LogP contribution in [-0.4, -0.2) is 29.5 Å². The fourth-order valence-corrected chi connectivity index (χ4v) is 1.60. The maximum atomic E-state index is 12.1. The van der Waals surface area contributed by atoms with E-state index in [0.717, 1.165) is 6.07 Å². The average Bonchev–Trinajstić information content (AvgIpc) is 2.25. The van der Waals surface area contributed by atoms with Crippen LogP contribution in [0.5, 0.6) is 11.6 Å². The van der Waals surface area contributed by atoms with Gasteiger partial charge >= 0.3 is 12.3 Å². The number of methoxy groups -OCH3 is 1. The van der Waals surface area contributed by atoms with Gasteiger partial charge in [-0.15, -0.1) is 24.8 Å². The highest BCUT2D eigenvalue weighted by Crippen LogP contribution is 2.30. The third-order valence-corrected chi connectivity index (χ3v) is 2.27. The number of aliphatic carboxylic acids is 1. The summed E-state index contributed by atoms with van der Waals surface area (Å²) < 4.78 is 44.9. The molecule has 0 aliphatic rings. The van der Waals surface area contributed by atoms with E-state index >= 15 is 0 Å². The van der Waals surface area contributed by atoms with Crippen molar-refractivity contribution in [2.75, 3.05) is 7.11 Å². The molecule has 19 heavy (non-hydrogen) atoms. The molecule has 0 bridgehead atoms. The molecule has 0 aliphatic carbocycles. The minimum absolute atomic E-state index is 0.0342. The predicted molar refractivity (Wildman–Crippen MR) is 58.4 cm³/mol. The number of alkyl halides is 4. The van der Waals surface area contributed by atoms with E-state index in [1.54, 1.807) is 0 Å². The Balaban J connectivity index is 3.25. The van der Waals surface area contributed by atoms with Crippen LogP contribution in [-0.2, 0) is 17.1 Å². The van der Waals surface area contributed by atoms with Crippen LogP contribution in [0.2, 0.25) is 0 Å². The topological polar surface area (TPSA) is 68.7 Å². The predicted octanol–water partition coefficient (Wildman–Crippen LogP) is 2.35. The number of ether oxygens (including phenoxy) is 2. The van der Waals surface area contributed by atoms with E-state index < -0.39 is 24.6 Å². The summed E-state index contributed by atoms with van der Waals surface area (Å²) in [5, 5.41) is 8.68. The zero-order valence-electron chi connectivity index (χ0n) is 9.62. The van der Waals surface area contributed by atoms with Crippen molar-refractivity contribution in [3.8, 4) is 11.6 Å². The van der Waals surface area contributed by atoms with Crippen molar-refractivity contribution < 1.29 is 32.5 Å². The van der Waals surface area contributed by atoms with Crippen molar-refractivity contribution in [3.05, 3.63) is 17.3 Å². The van der Waals surface area contributed by atoms with E-state index in [9.17, 15) is 18.0 Å². The molecule has 0 unspecified atom stereocenters. The summed E-state index contributed by atoms with van der Waals surface area (Å²) in [6.07, 6.45) is -5.53. The first-order valence-electron chi connectivity index (χ1n) is 4.87. The summed E-state index contributed by atoms with van der Waals surface area (Å²) in [6.45, 7) is 0. The van der Waals surface area contributed by atoms with Crippen LogP contribution in [0.1, 0.15) is 11.3 Å². The van der Waals surface area contributed by atoms with Gasteiger partial charge in [0.25, 0.3) is 0 Å². The lowest BCUT2D eigenvalue weighted by atomic mass is 10.1. The number of carboxylic acids is 1. The van der Waals surface area contributed by atoms with Gasteiger partial charge in [0.15, 0.2) is 0 Å². The van der Waals surface area contributed by atoms with Gasteiger partial charge in [-0.05, 0) is 0 Å². The second kappa shape index (κ2) is 5.96. The number of hydrogen-bond acceptors (Lipinski definition) is 4. The van der Waals surface area contributed by atoms with Gasteiger partial charge in [0.05, 0.1) is 25.1 Å². The number of rotatable bonds is 5. The lowest BCUT2D eigenvalue weighted by Crippen LogP contribution is -2.19. The number of nitrogens with zero attached hydrogens (tertiary/aromatic N) is 1. The molecular weight excluding hydrogens is 291 g/mol. The second-order valence-corrected chi connectivity index (χ2v) is 3.62. The molecule has 0 fully saturated rings. The second-order valence-electron chi connectivity index (χ2n) is 3.35. The SMILES string of the molecule is COc1c(CCl)cc(OC(F)(F)F)nc1CC(=O)O. The minimum atomic E-state index is -4.92. The van der Waals surface area contributed by atoms with Crippen molar-refractivity contribution in [2.45, 2.75) is 18.7 Å². The Labute approximate surface area is 110 Å². The van der Waals surface area contributed by atoms with Crippen LogP contribution in [0, 0.1) is 0 Å². The van der Waals surface area contributed by atoms with Crippen molar-refractivity contribution in [2.24, 2.45) is 0 Å². The van der Waals surface area contributed by atoms with Gasteiger partial charge in [-0.1, -0.05) is 0 Å². The van der Waals surface area contributed by atoms with Crippen molar-refractivity contribution in [3.63, 3.8) is 0 Å². The molecule has 0 aromatic carbocycles. The first-order valence-corrected chi connectivity index (χ1v) is 5.40. The lowest BCUT2D eigenvalue weighted by Gasteiger charge is -2.14. The molecule has 1 aromatic heterocycles. The van der Waals surface area contributed by atoms with E-state index in [0.29, 0.717) is 0 Å². The molecule has 106 valence electrons. The Kier molecular flexibility index (Phi) is 4.82. The first kappa shape index (κ1) is 15.4. The zero-order chi connectivity index (χ0) is 14.6. The molecule has 0 saturated carbocycles. The molecule has 1 rings (SSSR count). The lowest BCUT2D eigenvalue weighted by molar-refractivity contribution is -0.276. The van der Waals surface area contributed by atoms with E-state index in [1.807, 2.05) is 0 Å². The number of hydrogen-bond donors (Lipinski definition) is 1. The highest BCUT2D eigenvalue weighted by atomic mass is 35.5. The average molecular weight is 300 g/mol. The number of aromatic nitrogens is 1. The smallest absolute Gasteiger partial charge is 0.494 e. The highest BCUT2D eigenvalue weighted by molar-refractivity contribution is 6.17. The fraction of sp³-hybridized carbons (Fsp3) is 0.400. The van der Waals surface area contributed by atoms with Crippen LogP contribution in [0.25, 0.3) is 0 Å². The number of carboxylic acid groups (broad SMARTS) is 1. The van der Waals surface area contributed by atoms with Gasteiger partial charge in [0.2, 0.25) is 5.88 Å². The monoisotopic (exact) mass is 299 g/mol. The van der Waals surface area contributed by atoms with Crippen molar-refractivity contribution >= 4 is 17.6 Å². The fourth-order valence-electron chi connectivity index (χ4n) is 1.40. The summed E-state index contributed by atoms with van der Waals surface area (Å²) in [5.41, 5.74) is -0.0259. The van der Waals surface area contributed by atoms with Crippen molar-refractivity contribution in [1.29, 1.82) is 0 Å². The Hall–Kier alpha value is -1.70. The van der Waals surface area contributed by atoms with Gasteiger partial charge in [-0.25, -0.2) is 4.98 Å². The van der Waals surface area contributed by atoms with Gasteiger partial charge in [0.1, 0.15) is 5.75 Å². The van der Waals surface area contributed by atoms with Gasteiger partial charge in [0, 0.05) is 11.6 Å². The minimum Gasteiger partial charge on any atom is -0.494 e. The van der Waals surface area contributed by atoms with Gasteiger partial charge in [-0.2, -0.15) is 0 Å². The Morgan fingerprint density at radius 2 is 2.16 bits per heavy atom. The number of halogens is 4. The summed E-state index contributed by atoms with van der Waals surface area (Å²) in [7, 11) is 1.24. The maximum absolute atomic E-state index is 12.1. The molecular formula is C10H9ClF3NO4. The number of pyridine rings is 1. The molecule has 1 N–H and O–H groups in total. The molecule has 9 heteroatoms. The summed E-state index contributed by atoms with van der Waals surface area (Å²) in [4.78, 5) is 14.1. The first-order chi connectivity index (χ1) is 8.76. The molecule has 0 spiro atoms. The Morgan fingerprint density at radius 3 is 2.58 bits per heavy atom. The van der Waals surface area contributed by atoms with E-state index in [-0.39, 0.29) is 22.9 Å². The van der Waals surface area contributed by atoms with Gasteiger partial charge < -0.3 is 14.6 Å². The molecule has 0 amide bonds. The molecule has 5 nitrogen and oxygen atoms in total. The van der Waals surface area contributed by atoms with Gasteiger partial charge in [-0.3, -0.25) is 4.79 Å². The summed E-state index contributed by atoms with van der Waals surface area (Å²) >= 11 is 5.57. The molecule has 1 heterocycles. The summed E-state index contributed by atoms with van der Waals surface area (Å²) in [5.74, 6) is -2.19. The normalized spacial score (nSPS) is 11.2. The van der Waals surface area contributed by atoms with Crippen LogP contribution in [0.15, 0.2) is 6.07 Å². The van der Waals surface area contributed by atoms with Crippen LogP contribution in [0.3, 0.4) is 0 Å². The van der Waals surface area contributed by atoms with E-state index in [4.69, 9.17) is 21.4 Å². The summed E-state index contributed by atoms with van der Waals surface area (Å²) in [6, 6.07) is 0.949. The van der Waals surface area contributed by atoms with E-state index in [1.165, 1.54) is 7.11 Å². The molecule has 0 aliphatic heterocycles. The van der Waals surface area contributed by atoms with E-state index in [2.05, 4.69) is 9.72 Å². The standard InChI is InChI=1S/C10H9ClF3NO4/c1-18-9-5(4-11)2-7(19-10(12,13)14)15-6(9)3-8(16)17/h2H,3-4H2,1H3,(H,16,17). The third-order valence-electron chi connectivity index (χ3n) is 1.98. The largest absolute Gasteiger partial charge is 0.574 e. The molecule has 0 atom stereocenters. The highest BCUT2D eigenvalue weighted by Gasteiger charge is 2.32. The Morgan fingerprint density at radius 1 is 1.53 bits per heavy atom. The van der Waals surface area contributed by atoms with Crippen LogP contribution in [0.4, 0.5) is 13.2 Å². The molecule has 1 aromatic rings. The zero-order valence-corrected chi connectivity index (χ0v) is 10.4. The van der Waals surface area contributed by atoms with Crippen LogP contribution < -0.4 is 9.47 Å². The number of carbonyl (C=O) groups is 1. The molecule has 0 radical (unpaired) electrons.